The first-order chi connectivity index (χ1) is 12.0. The Hall–Kier alpha value is -2.96. The van der Waals surface area contributed by atoms with E-state index in [0.29, 0.717) is 11.9 Å². The highest BCUT2D eigenvalue weighted by molar-refractivity contribution is 5.83. The van der Waals surface area contributed by atoms with E-state index in [4.69, 9.17) is 0 Å². The average Bonchev–Trinajstić information content (AvgIpc) is 3.10. The van der Waals surface area contributed by atoms with Crippen LogP contribution in [-0.4, -0.2) is 31.8 Å². The number of amides is 1. The fourth-order valence-corrected chi connectivity index (χ4v) is 2.81. The molecule has 0 saturated carbocycles. The van der Waals surface area contributed by atoms with Crippen molar-refractivity contribution in [2.75, 3.05) is 6.54 Å². The predicted octanol–water partition coefficient (Wildman–Crippen LogP) is 1.35. The van der Waals surface area contributed by atoms with Crippen LogP contribution in [-0.2, 0) is 17.9 Å². The van der Waals surface area contributed by atoms with Crippen molar-refractivity contribution in [1.82, 2.24) is 24.6 Å². The molecule has 130 valence electrons. The van der Waals surface area contributed by atoms with Gasteiger partial charge in [0.2, 0.25) is 5.91 Å². The van der Waals surface area contributed by atoms with Crippen LogP contribution in [0.2, 0.25) is 0 Å². The van der Waals surface area contributed by atoms with Gasteiger partial charge < -0.3 is 9.88 Å². The van der Waals surface area contributed by atoms with Gasteiger partial charge in [-0.3, -0.25) is 9.59 Å². The molecule has 1 amide bonds. The molecule has 0 aliphatic rings. The lowest BCUT2D eigenvalue weighted by Crippen LogP contribution is -2.36. The number of nitrogens with zero attached hydrogens (tertiary/aromatic N) is 4. The van der Waals surface area contributed by atoms with E-state index in [9.17, 15) is 9.59 Å². The van der Waals surface area contributed by atoms with Crippen LogP contribution in [0.1, 0.15) is 12.6 Å². The van der Waals surface area contributed by atoms with Crippen LogP contribution in [0.15, 0.2) is 47.8 Å². The fourth-order valence-electron chi connectivity index (χ4n) is 2.81. The monoisotopic (exact) mass is 339 g/mol. The summed E-state index contributed by atoms with van der Waals surface area (Å²) in [6.07, 6.45) is 5.37. The average molecular weight is 339 g/mol. The Morgan fingerprint density at radius 1 is 1.28 bits per heavy atom. The molecule has 1 N–H and O–H groups in total. The van der Waals surface area contributed by atoms with Crippen LogP contribution in [0.3, 0.4) is 0 Å². The third-order valence-electron chi connectivity index (χ3n) is 4.08. The summed E-state index contributed by atoms with van der Waals surface area (Å²) < 4.78 is 3.20. The summed E-state index contributed by atoms with van der Waals surface area (Å²) in [6.45, 7) is 5.10. The molecule has 0 bridgehead atoms. The maximum absolute atomic E-state index is 12.5. The smallest absolute Gasteiger partial charge is 0.275 e. The molecule has 1 aromatic carbocycles. The largest absolute Gasteiger partial charge is 0.354 e. The molecule has 0 unspecified atom stereocenters. The Balaban J connectivity index is 1.64. The second kappa shape index (κ2) is 7.29. The van der Waals surface area contributed by atoms with Gasteiger partial charge in [-0.05, 0) is 18.9 Å². The zero-order valence-corrected chi connectivity index (χ0v) is 14.3. The number of benzene rings is 1. The summed E-state index contributed by atoms with van der Waals surface area (Å²) in [6, 6.07) is 7.30. The van der Waals surface area contributed by atoms with Crippen LogP contribution >= 0.6 is 0 Å². The van der Waals surface area contributed by atoms with Gasteiger partial charge in [0.15, 0.2) is 0 Å². The van der Waals surface area contributed by atoms with E-state index in [1.807, 2.05) is 42.8 Å². The van der Waals surface area contributed by atoms with E-state index in [2.05, 4.69) is 15.4 Å². The highest BCUT2D eigenvalue weighted by atomic mass is 16.2. The number of hydrogen-bond donors (Lipinski definition) is 1. The van der Waals surface area contributed by atoms with Crippen molar-refractivity contribution in [3.8, 4) is 0 Å². The molecule has 7 nitrogen and oxygen atoms in total. The Labute approximate surface area is 145 Å². The van der Waals surface area contributed by atoms with Gasteiger partial charge in [-0.15, -0.1) is 0 Å². The van der Waals surface area contributed by atoms with Crippen LogP contribution < -0.4 is 10.9 Å². The maximum Gasteiger partial charge on any atom is 0.275 e. The van der Waals surface area contributed by atoms with Crippen molar-refractivity contribution in [3.05, 3.63) is 59.0 Å². The second-order valence-electron chi connectivity index (χ2n) is 6.26. The number of rotatable bonds is 6. The van der Waals surface area contributed by atoms with Crippen LogP contribution in [0, 0.1) is 12.8 Å². The van der Waals surface area contributed by atoms with Crippen molar-refractivity contribution in [2.45, 2.75) is 26.9 Å². The van der Waals surface area contributed by atoms with E-state index in [1.165, 1.54) is 4.68 Å². The number of aromatic nitrogens is 4. The van der Waals surface area contributed by atoms with Gasteiger partial charge >= 0.3 is 0 Å². The third kappa shape index (κ3) is 3.93. The Bertz CT molecular complexity index is 930. The third-order valence-corrected chi connectivity index (χ3v) is 4.08. The lowest BCUT2D eigenvalue weighted by molar-refractivity contribution is -0.122. The van der Waals surface area contributed by atoms with Crippen LogP contribution in [0.4, 0.5) is 0 Å². The molecule has 3 aromatic rings. The van der Waals surface area contributed by atoms with Crippen molar-refractivity contribution in [2.24, 2.45) is 5.92 Å². The minimum absolute atomic E-state index is 0.0810. The Morgan fingerprint density at radius 2 is 2.04 bits per heavy atom. The molecular formula is C18H21N5O2. The van der Waals surface area contributed by atoms with Gasteiger partial charge in [0.25, 0.3) is 5.56 Å². The number of carbonyl (C=O) groups excluding carboxylic acids is 1. The Morgan fingerprint density at radius 3 is 2.76 bits per heavy atom. The first-order valence-corrected chi connectivity index (χ1v) is 8.23. The number of fused-ring (bicyclic) bond motifs is 1. The van der Waals surface area contributed by atoms with E-state index >= 15 is 0 Å². The molecule has 0 aliphatic carbocycles. The van der Waals surface area contributed by atoms with Gasteiger partial charge in [-0.2, -0.15) is 5.10 Å². The standard InChI is InChI=1S/C18H21N5O2/c1-13(10-22-8-7-19-12-22)9-20-17(24)11-23-18(25)16-6-4-3-5-15(16)14(2)21-23/h3-8,12-13H,9-11H2,1-2H3,(H,20,24)/t13-/m1/s1. The van der Waals surface area contributed by atoms with Gasteiger partial charge in [0.1, 0.15) is 6.54 Å². The summed E-state index contributed by atoms with van der Waals surface area (Å²) in [5, 5.41) is 8.52. The normalized spacial score (nSPS) is 12.2. The van der Waals surface area contributed by atoms with Gasteiger partial charge in [0, 0.05) is 30.9 Å². The number of hydrogen-bond acceptors (Lipinski definition) is 4. The molecule has 7 heteroatoms. The first-order valence-electron chi connectivity index (χ1n) is 8.23. The van der Waals surface area contributed by atoms with Crippen molar-refractivity contribution < 1.29 is 4.79 Å². The minimum Gasteiger partial charge on any atom is -0.354 e. The first kappa shape index (κ1) is 16.9. The van der Waals surface area contributed by atoms with Crippen LogP contribution in [0.25, 0.3) is 10.8 Å². The Kier molecular flexibility index (Phi) is 4.92. The lowest BCUT2D eigenvalue weighted by atomic mass is 10.1. The number of nitrogens with one attached hydrogen (secondary N) is 1. The molecule has 0 aliphatic heterocycles. The zero-order valence-electron chi connectivity index (χ0n) is 14.3. The lowest BCUT2D eigenvalue weighted by Gasteiger charge is -2.14. The summed E-state index contributed by atoms with van der Waals surface area (Å²) in [5.74, 6) is 0.0305. The van der Waals surface area contributed by atoms with Crippen molar-refractivity contribution in [1.29, 1.82) is 0 Å². The number of carbonyl (C=O) groups is 1. The summed E-state index contributed by atoms with van der Waals surface area (Å²) in [7, 11) is 0. The molecule has 0 radical (unpaired) electrons. The highest BCUT2D eigenvalue weighted by Crippen LogP contribution is 2.11. The topological polar surface area (TPSA) is 81.8 Å². The van der Waals surface area contributed by atoms with Gasteiger partial charge in [-0.1, -0.05) is 25.1 Å². The molecule has 2 aromatic heterocycles. The predicted molar refractivity (Wildman–Crippen MR) is 95.1 cm³/mol. The minimum atomic E-state index is -0.247. The molecule has 2 heterocycles. The molecular weight excluding hydrogens is 318 g/mol. The van der Waals surface area contributed by atoms with Gasteiger partial charge in [0.05, 0.1) is 17.4 Å². The van der Waals surface area contributed by atoms with Gasteiger partial charge in [-0.25, -0.2) is 9.67 Å². The summed E-state index contributed by atoms with van der Waals surface area (Å²) >= 11 is 0. The maximum atomic E-state index is 12.5. The fraction of sp³-hybridized carbons (Fsp3) is 0.333. The molecule has 0 saturated heterocycles. The van der Waals surface area contributed by atoms with Crippen molar-refractivity contribution >= 4 is 16.7 Å². The van der Waals surface area contributed by atoms with E-state index in [1.54, 1.807) is 18.6 Å². The van der Waals surface area contributed by atoms with E-state index in [-0.39, 0.29) is 23.9 Å². The summed E-state index contributed by atoms with van der Waals surface area (Å²) in [5.41, 5.74) is 0.485. The van der Waals surface area contributed by atoms with E-state index < -0.39 is 0 Å². The molecule has 1 atom stereocenters. The quantitative estimate of drug-likeness (QED) is 0.735. The SMILES string of the molecule is Cc1nn(CC(=O)NC[C@@H](C)Cn2ccnc2)c(=O)c2ccccc12. The number of imidazole rings is 1. The second-order valence-corrected chi connectivity index (χ2v) is 6.26. The highest BCUT2D eigenvalue weighted by Gasteiger charge is 2.11. The summed E-state index contributed by atoms with van der Waals surface area (Å²) in [4.78, 5) is 28.7. The molecule has 25 heavy (non-hydrogen) atoms. The molecule has 0 fully saturated rings. The zero-order chi connectivity index (χ0) is 17.8. The number of aryl methyl sites for hydroxylation is 1. The molecule has 3 rings (SSSR count). The molecule has 0 spiro atoms. The van der Waals surface area contributed by atoms with Crippen molar-refractivity contribution in [3.63, 3.8) is 0 Å². The van der Waals surface area contributed by atoms with Crippen LogP contribution in [0.5, 0.6) is 0 Å². The van der Waals surface area contributed by atoms with E-state index in [0.717, 1.165) is 17.6 Å².